The van der Waals surface area contributed by atoms with E-state index in [0.29, 0.717) is 11.4 Å². The number of imide groups is 1. The first-order valence-corrected chi connectivity index (χ1v) is 10.5. The van der Waals surface area contributed by atoms with E-state index in [-0.39, 0.29) is 11.4 Å². The minimum atomic E-state index is -0.484. The van der Waals surface area contributed by atoms with Crippen molar-refractivity contribution < 1.29 is 19.1 Å². The second-order valence-corrected chi connectivity index (χ2v) is 8.06. The van der Waals surface area contributed by atoms with Crippen molar-refractivity contribution in [1.29, 1.82) is 0 Å². The quantitative estimate of drug-likeness (QED) is 0.585. The molecule has 0 saturated carbocycles. The summed E-state index contributed by atoms with van der Waals surface area (Å²) in [5.74, 6) is -0.220. The van der Waals surface area contributed by atoms with Crippen LogP contribution in [0.5, 0.6) is 5.75 Å². The highest BCUT2D eigenvalue weighted by Crippen LogP contribution is 2.33. The summed E-state index contributed by atoms with van der Waals surface area (Å²) < 4.78 is 5.31. The van der Waals surface area contributed by atoms with Gasteiger partial charge in [-0.15, -0.1) is 0 Å². The number of amides is 3. The maximum atomic E-state index is 12.7. The summed E-state index contributed by atoms with van der Waals surface area (Å²) in [7, 11) is 1.58. The fourth-order valence-corrected chi connectivity index (χ4v) is 4.22. The van der Waals surface area contributed by atoms with E-state index in [1.54, 1.807) is 25.3 Å². The van der Waals surface area contributed by atoms with E-state index in [2.05, 4.69) is 5.32 Å². The molecule has 0 radical (unpaired) electrons. The molecule has 1 aliphatic rings. The molecule has 0 atom stereocenters. The number of carbonyl (C=O) groups is 3. The van der Waals surface area contributed by atoms with E-state index in [1.807, 2.05) is 55.5 Å². The van der Waals surface area contributed by atoms with Crippen LogP contribution in [0.3, 0.4) is 0 Å². The molecule has 31 heavy (non-hydrogen) atoms. The van der Waals surface area contributed by atoms with E-state index >= 15 is 0 Å². The monoisotopic (exact) mass is 432 g/mol. The minimum Gasteiger partial charge on any atom is -0.496 e. The maximum absolute atomic E-state index is 12.7. The van der Waals surface area contributed by atoms with Crippen molar-refractivity contribution >= 4 is 51.4 Å². The Hall–Kier alpha value is -3.58. The summed E-state index contributed by atoms with van der Waals surface area (Å²) in [6.07, 6.45) is 1.63. The van der Waals surface area contributed by atoms with Crippen molar-refractivity contribution in [3.8, 4) is 5.75 Å². The number of nitrogens with zero attached hydrogens (tertiary/aromatic N) is 1. The Kier molecular flexibility index (Phi) is 5.77. The van der Waals surface area contributed by atoms with Gasteiger partial charge in [-0.25, -0.2) is 0 Å². The Morgan fingerprint density at radius 3 is 2.68 bits per heavy atom. The fraction of sp³-hybridized carbons (Fsp3) is 0.125. The number of hydrogen-bond donors (Lipinski definition) is 1. The third-order valence-corrected chi connectivity index (χ3v) is 5.88. The first kappa shape index (κ1) is 20.7. The minimum absolute atomic E-state index is 0.272. The molecule has 1 N–H and O–H groups in total. The molecule has 4 rings (SSSR count). The normalized spacial score (nSPS) is 15.0. The van der Waals surface area contributed by atoms with Gasteiger partial charge in [0.1, 0.15) is 12.3 Å². The van der Waals surface area contributed by atoms with Gasteiger partial charge in [0.25, 0.3) is 11.1 Å². The zero-order valence-corrected chi connectivity index (χ0v) is 17.9. The van der Waals surface area contributed by atoms with Crippen LogP contribution in [0.15, 0.2) is 65.6 Å². The van der Waals surface area contributed by atoms with Gasteiger partial charge in [0.15, 0.2) is 0 Å². The van der Waals surface area contributed by atoms with Crippen LogP contribution in [0.2, 0.25) is 0 Å². The van der Waals surface area contributed by atoms with Gasteiger partial charge in [-0.3, -0.25) is 19.3 Å². The van der Waals surface area contributed by atoms with Crippen LogP contribution in [0, 0.1) is 6.92 Å². The SMILES string of the molecule is COc1cc(/C=C2/SC(=O)N(CC(=O)Nc3cccc4ccccc34)C2=O)ccc1C. The topological polar surface area (TPSA) is 75.7 Å². The molecule has 0 aliphatic carbocycles. The van der Waals surface area contributed by atoms with Crippen LogP contribution in [-0.2, 0) is 9.59 Å². The van der Waals surface area contributed by atoms with Gasteiger partial charge in [-0.1, -0.05) is 48.5 Å². The van der Waals surface area contributed by atoms with Crippen molar-refractivity contribution in [2.24, 2.45) is 0 Å². The standard InChI is InChI=1S/C24H20N2O4S/c1-15-10-11-16(12-20(15)30-2)13-21-23(28)26(24(29)31-21)14-22(27)25-19-9-5-7-17-6-3-4-8-18(17)19/h3-13H,14H2,1-2H3,(H,25,27)/b21-13+. The summed E-state index contributed by atoms with van der Waals surface area (Å²) >= 11 is 0.823. The van der Waals surface area contributed by atoms with E-state index < -0.39 is 17.1 Å². The number of anilines is 1. The summed E-state index contributed by atoms with van der Waals surface area (Å²) in [5.41, 5.74) is 2.35. The third kappa shape index (κ3) is 4.32. The lowest BCUT2D eigenvalue weighted by Crippen LogP contribution is -2.36. The van der Waals surface area contributed by atoms with Crippen LogP contribution in [0.25, 0.3) is 16.8 Å². The first-order valence-electron chi connectivity index (χ1n) is 9.64. The molecule has 3 aromatic rings. The Labute approximate surface area is 183 Å². The van der Waals surface area contributed by atoms with Crippen molar-refractivity contribution in [2.45, 2.75) is 6.92 Å². The molecule has 0 unspecified atom stereocenters. The van der Waals surface area contributed by atoms with E-state index in [0.717, 1.165) is 38.6 Å². The predicted molar refractivity (Wildman–Crippen MR) is 123 cm³/mol. The second kappa shape index (κ2) is 8.65. The Morgan fingerprint density at radius 1 is 1.10 bits per heavy atom. The average molecular weight is 433 g/mol. The number of hydrogen-bond acceptors (Lipinski definition) is 5. The van der Waals surface area contributed by atoms with Crippen LogP contribution in [0.1, 0.15) is 11.1 Å². The van der Waals surface area contributed by atoms with Crippen molar-refractivity contribution in [2.75, 3.05) is 19.0 Å². The number of nitrogens with one attached hydrogen (secondary N) is 1. The molecule has 6 nitrogen and oxygen atoms in total. The average Bonchev–Trinajstić information content (AvgIpc) is 3.02. The lowest BCUT2D eigenvalue weighted by molar-refractivity contribution is -0.127. The Bertz CT molecular complexity index is 1230. The number of rotatable bonds is 5. The summed E-state index contributed by atoms with van der Waals surface area (Å²) in [6, 6.07) is 18.8. The van der Waals surface area contributed by atoms with Crippen molar-refractivity contribution in [1.82, 2.24) is 4.90 Å². The van der Waals surface area contributed by atoms with Crippen LogP contribution < -0.4 is 10.1 Å². The predicted octanol–water partition coefficient (Wildman–Crippen LogP) is 4.83. The number of carbonyl (C=O) groups excluding carboxylic acids is 3. The van der Waals surface area contributed by atoms with Gasteiger partial charge in [-0.05, 0) is 53.4 Å². The van der Waals surface area contributed by atoms with E-state index in [1.165, 1.54) is 0 Å². The molecule has 1 heterocycles. The summed E-state index contributed by atoms with van der Waals surface area (Å²) in [5, 5.41) is 4.22. The summed E-state index contributed by atoms with van der Waals surface area (Å²) in [4.78, 5) is 39.0. The lowest BCUT2D eigenvalue weighted by Gasteiger charge is -2.13. The Morgan fingerprint density at radius 2 is 1.87 bits per heavy atom. The zero-order valence-electron chi connectivity index (χ0n) is 17.0. The zero-order chi connectivity index (χ0) is 22.0. The number of aryl methyl sites for hydroxylation is 1. The van der Waals surface area contributed by atoms with E-state index in [9.17, 15) is 14.4 Å². The smallest absolute Gasteiger partial charge is 0.294 e. The lowest BCUT2D eigenvalue weighted by atomic mass is 10.1. The molecule has 1 aliphatic heterocycles. The molecular formula is C24H20N2O4S. The molecule has 0 spiro atoms. The molecular weight excluding hydrogens is 412 g/mol. The van der Waals surface area contributed by atoms with Gasteiger partial charge in [0.05, 0.1) is 12.0 Å². The third-order valence-electron chi connectivity index (χ3n) is 4.97. The number of ether oxygens (including phenoxy) is 1. The number of fused-ring (bicyclic) bond motifs is 1. The highest BCUT2D eigenvalue weighted by Gasteiger charge is 2.36. The number of benzene rings is 3. The van der Waals surface area contributed by atoms with Gasteiger partial charge < -0.3 is 10.1 Å². The first-order chi connectivity index (χ1) is 15.0. The van der Waals surface area contributed by atoms with Crippen LogP contribution in [-0.4, -0.2) is 35.6 Å². The highest BCUT2D eigenvalue weighted by atomic mass is 32.2. The molecule has 3 amide bonds. The van der Waals surface area contributed by atoms with E-state index in [4.69, 9.17) is 4.74 Å². The largest absolute Gasteiger partial charge is 0.496 e. The fourth-order valence-electron chi connectivity index (χ4n) is 3.38. The number of thioether (sulfide) groups is 1. The Balaban J connectivity index is 1.49. The highest BCUT2D eigenvalue weighted by molar-refractivity contribution is 8.18. The van der Waals surface area contributed by atoms with Gasteiger partial charge in [0, 0.05) is 11.1 Å². The van der Waals surface area contributed by atoms with Crippen molar-refractivity contribution in [3.63, 3.8) is 0 Å². The number of methoxy groups -OCH3 is 1. The molecule has 1 saturated heterocycles. The van der Waals surface area contributed by atoms with Gasteiger partial charge in [-0.2, -0.15) is 0 Å². The van der Waals surface area contributed by atoms with Crippen LogP contribution >= 0.6 is 11.8 Å². The van der Waals surface area contributed by atoms with Gasteiger partial charge >= 0.3 is 0 Å². The molecule has 3 aromatic carbocycles. The molecule has 0 bridgehead atoms. The van der Waals surface area contributed by atoms with Gasteiger partial charge in [0.2, 0.25) is 5.91 Å². The summed E-state index contributed by atoms with van der Waals surface area (Å²) in [6.45, 7) is 1.58. The molecule has 7 heteroatoms. The second-order valence-electron chi connectivity index (χ2n) is 7.07. The molecule has 156 valence electrons. The van der Waals surface area contributed by atoms with Crippen molar-refractivity contribution in [3.05, 3.63) is 76.7 Å². The molecule has 1 fully saturated rings. The molecule has 0 aromatic heterocycles. The van der Waals surface area contributed by atoms with Crippen LogP contribution in [0.4, 0.5) is 10.5 Å². The maximum Gasteiger partial charge on any atom is 0.294 e.